The lowest BCUT2D eigenvalue weighted by Crippen LogP contribution is -2.29. The molecule has 2 aliphatic carbocycles. The number of nitrogens with two attached hydrogens (primary N) is 1. The van der Waals surface area contributed by atoms with Crippen LogP contribution in [0.1, 0.15) is 69.2 Å². The van der Waals surface area contributed by atoms with Crippen LogP contribution >= 0.6 is 0 Å². The summed E-state index contributed by atoms with van der Waals surface area (Å²) >= 11 is 0. The van der Waals surface area contributed by atoms with Crippen molar-refractivity contribution in [3.05, 3.63) is 22.9 Å². The Morgan fingerprint density at radius 3 is 2.67 bits per heavy atom. The fourth-order valence-corrected chi connectivity index (χ4v) is 3.56. The zero-order chi connectivity index (χ0) is 14.9. The molecule has 0 atom stereocenters. The van der Waals surface area contributed by atoms with Crippen LogP contribution in [0.15, 0.2) is 6.07 Å². The second kappa shape index (κ2) is 5.96. The lowest BCUT2D eigenvalue weighted by Gasteiger charge is -2.34. The van der Waals surface area contributed by atoms with E-state index < -0.39 is 0 Å². The van der Waals surface area contributed by atoms with Gasteiger partial charge in [-0.3, -0.25) is 0 Å². The minimum absolute atomic E-state index is 0.317. The molecule has 1 saturated carbocycles. The first-order valence-electron chi connectivity index (χ1n) is 8.46. The number of ether oxygens (including phenoxy) is 1. The van der Waals surface area contributed by atoms with Gasteiger partial charge in [-0.15, -0.1) is 0 Å². The number of hydrogen-bond donors (Lipinski definition) is 1. The molecule has 2 N–H and O–H groups in total. The molecule has 21 heavy (non-hydrogen) atoms. The van der Waals surface area contributed by atoms with Crippen molar-refractivity contribution in [2.45, 2.75) is 77.9 Å². The topological polar surface area (TPSA) is 48.1 Å². The fraction of sp³-hybridized carbons (Fsp3) is 0.722. The van der Waals surface area contributed by atoms with Crippen molar-refractivity contribution < 1.29 is 4.74 Å². The molecule has 1 heterocycles. The molecule has 1 aromatic rings. The van der Waals surface area contributed by atoms with Gasteiger partial charge in [-0.25, -0.2) is 4.98 Å². The number of hydrogen-bond acceptors (Lipinski definition) is 3. The SMILES string of the molecule is CC1(C)CCC(Oc2nc3c(cc2CN)CCCC3)CC1. The van der Waals surface area contributed by atoms with E-state index in [1.807, 2.05) is 0 Å². The molecule has 0 saturated heterocycles. The molecular formula is C18H28N2O. The van der Waals surface area contributed by atoms with Gasteiger partial charge < -0.3 is 10.5 Å². The summed E-state index contributed by atoms with van der Waals surface area (Å²) in [5, 5.41) is 0. The second-order valence-corrected chi connectivity index (χ2v) is 7.45. The van der Waals surface area contributed by atoms with Crippen LogP contribution in [-0.4, -0.2) is 11.1 Å². The minimum atomic E-state index is 0.317. The average molecular weight is 288 g/mol. The molecule has 0 amide bonds. The van der Waals surface area contributed by atoms with E-state index in [1.165, 1.54) is 36.9 Å². The van der Waals surface area contributed by atoms with E-state index in [4.69, 9.17) is 15.5 Å². The predicted octanol–water partition coefficient (Wildman–Crippen LogP) is 3.77. The van der Waals surface area contributed by atoms with Crippen molar-refractivity contribution in [3.63, 3.8) is 0 Å². The van der Waals surface area contributed by atoms with E-state index in [2.05, 4.69) is 19.9 Å². The van der Waals surface area contributed by atoms with E-state index >= 15 is 0 Å². The van der Waals surface area contributed by atoms with E-state index in [1.54, 1.807) is 0 Å². The van der Waals surface area contributed by atoms with Crippen molar-refractivity contribution in [3.8, 4) is 5.88 Å². The number of nitrogens with zero attached hydrogens (tertiary/aromatic N) is 1. The Labute approximate surface area is 128 Å². The molecule has 116 valence electrons. The fourth-order valence-electron chi connectivity index (χ4n) is 3.56. The van der Waals surface area contributed by atoms with Gasteiger partial charge in [-0.2, -0.15) is 0 Å². The first kappa shape index (κ1) is 14.8. The maximum absolute atomic E-state index is 6.25. The van der Waals surface area contributed by atoms with Crippen LogP contribution in [-0.2, 0) is 19.4 Å². The first-order chi connectivity index (χ1) is 10.1. The first-order valence-corrected chi connectivity index (χ1v) is 8.46. The van der Waals surface area contributed by atoms with E-state index in [0.29, 0.717) is 18.1 Å². The summed E-state index contributed by atoms with van der Waals surface area (Å²) in [4.78, 5) is 4.81. The molecule has 3 nitrogen and oxygen atoms in total. The summed E-state index contributed by atoms with van der Waals surface area (Å²) < 4.78 is 6.25. The van der Waals surface area contributed by atoms with Crippen molar-refractivity contribution in [2.24, 2.45) is 11.1 Å². The lowest BCUT2D eigenvalue weighted by molar-refractivity contribution is 0.0937. The van der Waals surface area contributed by atoms with Crippen molar-refractivity contribution in [1.82, 2.24) is 4.98 Å². The molecule has 0 aromatic carbocycles. The molecule has 1 aromatic heterocycles. The molecule has 3 rings (SSSR count). The van der Waals surface area contributed by atoms with Crippen LogP contribution in [0.2, 0.25) is 0 Å². The largest absolute Gasteiger partial charge is 0.474 e. The number of fused-ring (bicyclic) bond motifs is 1. The summed E-state index contributed by atoms with van der Waals surface area (Å²) in [6.45, 7) is 5.23. The van der Waals surface area contributed by atoms with Crippen molar-refractivity contribution >= 4 is 0 Å². The summed E-state index contributed by atoms with van der Waals surface area (Å²) in [5.41, 5.74) is 10.1. The van der Waals surface area contributed by atoms with E-state index in [-0.39, 0.29) is 0 Å². The van der Waals surface area contributed by atoms with Gasteiger partial charge >= 0.3 is 0 Å². The Kier molecular flexibility index (Phi) is 4.21. The maximum Gasteiger partial charge on any atom is 0.218 e. The Bertz CT molecular complexity index is 500. The molecule has 0 aliphatic heterocycles. The lowest BCUT2D eigenvalue weighted by atomic mass is 9.76. The third-order valence-corrected chi connectivity index (χ3v) is 5.12. The van der Waals surface area contributed by atoms with Gasteiger partial charge in [0.1, 0.15) is 6.10 Å². The Hall–Kier alpha value is -1.09. The van der Waals surface area contributed by atoms with E-state index in [9.17, 15) is 0 Å². The van der Waals surface area contributed by atoms with Gasteiger partial charge in [0.2, 0.25) is 5.88 Å². The third-order valence-electron chi connectivity index (χ3n) is 5.12. The molecule has 2 aliphatic rings. The smallest absolute Gasteiger partial charge is 0.218 e. The number of aromatic nitrogens is 1. The maximum atomic E-state index is 6.25. The van der Waals surface area contributed by atoms with Crippen LogP contribution < -0.4 is 10.5 Å². The highest BCUT2D eigenvalue weighted by atomic mass is 16.5. The molecular weight excluding hydrogens is 260 g/mol. The molecule has 0 radical (unpaired) electrons. The van der Waals surface area contributed by atoms with Crippen LogP contribution in [0, 0.1) is 5.41 Å². The van der Waals surface area contributed by atoms with Gasteiger partial charge in [0.15, 0.2) is 0 Å². The summed E-state index contributed by atoms with van der Waals surface area (Å²) in [7, 11) is 0. The zero-order valence-electron chi connectivity index (χ0n) is 13.5. The van der Waals surface area contributed by atoms with Gasteiger partial charge in [0.25, 0.3) is 0 Å². The van der Waals surface area contributed by atoms with Gasteiger partial charge in [-0.1, -0.05) is 13.8 Å². The van der Waals surface area contributed by atoms with Gasteiger partial charge in [0, 0.05) is 17.8 Å². The standard InChI is InChI=1S/C18H28N2O/c1-18(2)9-7-15(8-10-18)21-17-14(12-19)11-13-5-3-4-6-16(13)20-17/h11,15H,3-10,12,19H2,1-2H3. The zero-order valence-corrected chi connectivity index (χ0v) is 13.5. The summed E-state index contributed by atoms with van der Waals surface area (Å²) in [6.07, 6.45) is 9.82. The highest BCUT2D eigenvalue weighted by molar-refractivity contribution is 5.36. The Morgan fingerprint density at radius 1 is 1.24 bits per heavy atom. The van der Waals surface area contributed by atoms with Crippen LogP contribution in [0.4, 0.5) is 0 Å². The van der Waals surface area contributed by atoms with Crippen molar-refractivity contribution in [1.29, 1.82) is 0 Å². The summed E-state index contributed by atoms with van der Waals surface area (Å²) in [6, 6.07) is 2.24. The molecule has 0 bridgehead atoms. The second-order valence-electron chi connectivity index (χ2n) is 7.45. The van der Waals surface area contributed by atoms with Gasteiger partial charge in [-0.05, 0) is 68.4 Å². The summed E-state index contributed by atoms with van der Waals surface area (Å²) in [5.74, 6) is 0.808. The predicted molar refractivity (Wildman–Crippen MR) is 85.4 cm³/mol. The monoisotopic (exact) mass is 288 g/mol. The van der Waals surface area contributed by atoms with Gasteiger partial charge in [0.05, 0.1) is 0 Å². The van der Waals surface area contributed by atoms with Crippen LogP contribution in [0.3, 0.4) is 0 Å². The number of rotatable bonds is 3. The quantitative estimate of drug-likeness (QED) is 0.921. The van der Waals surface area contributed by atoms with E-state index in [0.717, 1.165) is 37.1 Å². The molecule has 0 unspecified atom stereocenters. The minimum Gasteiger partial charge on any atom is -0.474 e. The van der Waals surface area contributed by atoms with Crippen LogP contribution in [0.25, 0.3) is 0 Å². The normalized spacial score (nSPS) is 21.9. The average Bonchev–Trinajstić information content (AvgIpc) is 2.48. The molecule has 1 fully saturated rings. The molecule has 0 spiro atoms. The molecule has 3 heteroatoms. The van der Waals surface area contributed by atoms with Crippen LogP contribution in [0.5, 0.6) is 5.88 Å². The highest BCUT2D eigenvalue weighted by Crippen LogP contribution is 2.37. The highest BCUT2D eigenvalue weighted by Gasteiger charge is 2.28. The van der Waals surface area contributed by atoms with Crippen molar-refractivity contribution in [2.75, 3.05) is 0 Å². The Balaban J connectivity index is 1.75. The number of aryl methyl sites for hydroxylation is 2. The Morgan fingerprint density at radius 2 is 1.95 bits per heavy atom. The number of pyridine rings is 1. The third kappa shape index (κ3) is 3.39.